The minimum Gasteiger partial charge on any atom is -0.497 e. The lowest BCUT2D eigenvalue weighted by Crippen LogP contribution is -2.22. The summed E-state index contributed by atoms with van der Waals surface area (Å²) in [6, 6.07) is 14.8. The highest BCUT2D eigenvalue weighted by Crippen LogP contribution is 2.21. The van der Waals surface area contributed by atoms with Gasteiger partial charge in [-0.3, -0.25) is 4.79 Å². The van der Waals surface area contributed by atoms with E-state index in [1.807, 2.05) is 36.4 Å². The maximum Gasteiger partial charge on any atom is 0.267 e. The SMILES string of the molecule is COc1ccc2[nH]c(C(=O)NCc3ccc(Cl)cc3)cc2c1. The van der Waals surface area contributed by atoms with Gasteiger partial charge in [0, 0.05) is 22.5 Å². The summed E-state index contributed by atoms with van der Waals surface area (Å²) < 4.78 is 5.18. The molecule has 0 aliphatic heterocycles. The van der Waals surface area contributed by atoms with Crippen molar-refractivity contribution in [1.82, 2.24) is 10.3 Å². The fourth-order valence-electron chi connectivity index (χ4n) is 2.24. The second kappa shape index (κ2) is 6.12. The molecule has 5 heteroatoms. The van der Waals surface area contributed by atoms with Crippen molar-refractivity contribution in [2.45, 2.75) is 6.54 Å². The molecule has 1 aromatic heterocycles. The predicted molar refractivity (Wildman–Crippen MR) is 87.5 cm³/mol. The highest BCUT2D eigenvalue weighted by molar-refractivity contribution is 6.30. The molecule has 0 saturated carbocycles. The van der Waals surface area contributed by atoms with Gasteiger partial charge in [0.05, 0.1) is 7.11 Å². The Hall–Kier alpha value is -2.46. The monoisotopic (exact) mass is 314 g/mol. The second-order valence-corrected chi connectivity index (χ2v) is 5.38. The standard InChI is InChI=1S/C17H15ClN2O2/c1-22-14-6-7-15-12(8-14)9-16(20-15)17(21)19-10-11-2-4-13(18)5-3-11/h2-9,20H,10H2,1H3,(H,19,21). The van der Waals surface area contributed by atoms with Gasteiger partial charge in [-0.2, -0.15) is 0 Å². The molecule has 112 valence electrons. The zero-order valence-corrected chi connectivity index (χ0v) is 12.8. The van der Waals surface area contributed by atoms with E-state index in [-0.39, 0.29) is 5.91 Å². The lowest BCUT2D eigenvalue weighted by atomic mass is 10.2. The molecule has 2 aromatic carbocycles. The third-order valence-electron chi connectivity index (χ3n) is 3.44. The molecule has 4 nitrogen and oxygen atoms in total. The van der Waals surface area contributed by atoms with Crippen molar-refractivity contribution in [3.05, 3.63) is 64.8 Å². The molecule has 0 radical (unpaired) electrons. The fourth-order valence-corrected chi connectivity index (χ4v) is 2.37. The molecule has 0 saturated heterocycles. The number of ether oxygens (including phenoxy) is 1. The average molecular weight is 315 g/mol. The van der Waals surface area contributed by atoms with Gasteiger partial charge in [-0.05, 0) is 42.0 Å². The van der Waals surface area contributed by atoms with E-state index >= 15 is 0 Å². The van der Waals surface area contributed by atoms with Crippen LogP contribution in [0.1, 0.15) is 16.1 Å². The van der Waals surface area contributed by atoms with Crippen molar-refractivity contribution in [3.8, 4) is 5.75 Å². The van der Waals surface area contributed by atoms with Gasteiger partial charge in [0.15, 0.2) is 0 Å². The summed E-state index contributed by atoms with van der Waals surface area (Å²) in [4.78, 5) is 15.3. The van der Waals surface area contributed by atoms with E-state index in [9.17, 15) is 4.79 Å². The summed E-state index contributed by atoms with van der Waals surface area (Å²) in [5.41, 5.74) is 2.42. The van der Waals surface area contributed by atoms with E-state index in [1.54, 1.807) is 19.2 Å². The summed E-state index contributed by atoms with van der Waals surface area (Å²) >= 11 is 5.84. The van der Waals surface area contributed by atoms with Gasteiger partial charge in [0.1, 0.15) is 11.4 Å². The van der Waals surface area contributed by atoms with Crippen LogP contribution in [0.5, 0.6) is 5.75 Å². The molecule has 2 N–H and O–H groups in total. The molecule has 3 aromatic rings. The van der Waals surface area contributed by atoms with E-state index in [0.717, 1.165) is 22.2 Å². The Balaban J connectivity index is 1.73. The lowest BCUT2D eigenvalue weighted by Gasteiger charge is -2.04. The first-order valence-electron chi connectivity index (χ1n) is 6.85. The molecule has 3 rings (SSSR count). The van der Waals surface area contributed by atoms with Gasteiger partial charge >= 0.3 is 0 Å². The number of nitrogens with one attached hydrogen (secondary N) is 2. The Labute approximate surface area is 133 Å². The number of benzene rings is 2. The number of rotatable bonds is 4. The average Bonchev–Trinajstić information content (AvgIpc) is 2.97. The van der Waals surface area contributed by atoms with E-state index in [4.69, 9.17) is 16.3 Å². The number of halogens is 1. The van der Waals surface area contributed by atoms with Gasteiger partial charge in [0.2, 0.25) is 0 Å². The largest absolute Gasteiger partial charge is 0.497 e. The third kappa shape index (κ3) is 3.07. The maximum absolute atomic E-state index is 12.2. The van der Waals surface area contributed by atoms with E-state index in [1.165, 1.54) is 0 Å². The Kier molecular flexibility index (Phi) is 4.02. The Morgan fingerprint density at radius 1 is 1.18 bits per heavy atom. The smallest absolute Gasteiger partial charge is 0.267 e. The maximum atomic E-state index is 12.2. The van der Waals surface area contributed by atoms with Crippen molar-refractivity contribution in [3.63, 3.8) is 0 Å². The van der Waals surface area contributed by atoms with Crippen molar-refractivity contribution < 1.29 is 9.53 Å². The van der Waals surface area contributed by atoms with Crippen molar-refractivity contribution in [1.29, 1.82) is 0 Å². The normalized spacial score (nSPS) is 10.6. The lowest BCUT2D eigenvalue weighted by molar-refractivity contribution is 0.0947. The molecular formula is C17H15ClN2O2. The van der Waals surface area contributed by atoms with Gasteiger partial charge < -0.3 is 15.0 Å². The zero-order chi connectivity index (χ0) is 15.5. The van der Waals surface area contributed by atoms with Crippen LogP contribution in [0, 0.1) is 0 Å². The Morgan fingerprint density at radius 3 is 2.68 bits per heavy atom. The van der Waals surface area contributed by atoms with Crippen LogP contribution in [0.2, 0.25) is 5.02 Å². The van der Waals surface area contributed by atoms with Crippen LogP contribution in [-0.4, -0.2) is 18.0 Å². The van der Waals surface area contributed by atoms with Crippen molar-refractivity contribution >= 4 is 28.4 Å². The summed E-state index contributed by atoms with van der Waals surface area (Å²) in [6.07, 6.45) is 0. The predicted octanol–water partition coefficient (Wildman–Crippen LogP) is 3.76. The summed E-state index contributed by atoms with van der Waals surface area (Å²) in [6.45, 7) is 0.453. The summed E-state index contributed by atoms with van der Waals surface area (Å²) in [5, 5.41) is 4.50. The number of aromatic amines is 1. The van der Waals surface area contributed by atoms with Crippen molar-refractivity contribution in [2.24, 2.45) is 0 Å². The number of H-pyrrole nitrogens is 1. The van der Waals surface area contributed by atoms with Gasteiger partial charge in [-0.25, -0.2) is 0 Å². The minimum absolute atomic E-state index is 0.148. The molecular weight excluding hydrogens is 300 g/mol. The number of methoxy groups -OCH3 is 1. The quantitative estimate of drug-likeness (QED) is 0.770. The molecule has 0 aliphatic carbocycles. The van der Waals surface area contributed by atoms with Gasteiger partial charge in [0.25, 0.3) is 5.91 Å². The molecule has 0 spiro atoms. The van der Waals surface area contributed by atoms with E-state index in [0.29, 0.717) is 17.3 Å². The van der Waals surface area contributed by atoms with Crippen LogP contribution in [0.4, 0.5) is 0 Å². The van der Waals surface area contributed by atoms with Crippen LogP contribution in [0.15, 0.2) is 48.5 Å². The summed E-state index contributed by atoms with van der Waals surface area (Å²) in [5.74, 6) is 0.615. The topological polar surface area (TPSA) is 54.1 Å². The molecule has 22 heavy (non-hydrogen) atoms. The number of aromatic nitrogens is 1. The van der Waals surface area contributed by atoms with Crippen LogP contribution >= 0.6 is 11.6 Å². The second-order valence-electron chi connectivity index (χ2n) is 4.95. The highest BCUT2D eigenvalue weighted by atomic mass is 35.5. The van der Waals surface area contributed by atoms with Crippen molar-refractivity contribution in [2.75, 3.05) is 7.11 Å². The zero-order valence-electron chi connectivity index (χ0n) is 12.0. The number of fused-ring (bicyclic) bond motifs is 1. The number of hydrogen-bond acceptors (Lipinski definition) is 2. The Bertz CT molecular complexity index is 809. The number of hydrogen-bond donors (Lipinski definition) is 2. The van der Waals surface area contributed by atoms with E-state index in [2.05, 4.69) is 10.3 Å². The van der Waals surface area contributed by atoms with Crippen LogP contribution in [0.3, 0.4) is 0 Å². The number of carbonyl (C=O) groups excluding carboxylic acids is 1. The molecule has 0 unspecified atom stereocenters. The van der Waals surface area contributed by atoms with Gasteiger partial charge in [-0.1, -0.05) is 23.7 Å². The number of amides is 1. The Morgan fingerprint density at radius 2 is 1.95 bits per heavy atom. The first-order chi connectivity index (χ1) is 10.7. The van der Waals surface area contributed by atoms with Crippen LogP contribution < -0.4 is 10.1 Å². The first kappa shape index (κ1) is 14.5. The molecule has 1 heterocycles. The molecule has 0 atom stereocenters. The molecule has 0 aliphatic rings. The molecule has 1 amide bonds. The van der Waals surface area contributed by atoms with E-state index < -0.39 is 0 Å². The van der Waals surface area contributed by atoms with Gasteiger partial charge in [-0.15, -0.1) is 0 Å². The first-order valence-corrected chi connectivity index (χ1v) is 7.23. The molecule has 0 fully saturated rings. The summed E-state index contributed by atoms with van der Waals surface area (Å²) in [7, 11) is 1.62. The fraction of sp³-hybridized carbons (Fsp3) is 0.118. The van der Waals surface area contributed by atoms with Crippen LogP contribution in [-0.2, 0) is 6.54 Å². The number of carbonyl (C=O) groups is 1. The third-order valence-corrected chi connectivity index (χ3v) is 3.69. The minimum atomic E-state index is -0.148. The highest BCUT2D eigenvalue weighted by Gasteiger charge is 2.09. The van der Waals surface area contributed by atoms with Crippen LogP contribution in [0.25, 0.3) is 10.9 Å². The molecule has 0 bridgehead atoms.